The van der Waals surface area contributed by atoms with E-state index in [0.717, 1.165) is 18.2 Å². The van der Waals surface area contributed by atoms with Crippen LogP contribution in [-0.4, -0.2) is 17.6 Å². The van der Waals surface area contributed by atoms with Crippen LogP contribution in [0.3, 0.4) is 0 Å². The van der Waals surface area contributed by atoms with Gasteiger partial charge >= 0.3 is 6.61 Å². The highest BCUT2D eigenvalue weighted by Gasteiger charge is 2.27. The third kappa shape index (κ3) is 4.73. The normalized spacial score (nSPS) is 13.4. The number of aliphatic hydroxyl groups is 1. The zero-order chi connectivity index (χ0) is 17.7. The second-order valence-corrected chi connectivity index (χ2v) is 5.38. The maximum atomic E-state index is 13.1. The minimum Gasteiger partial charge on any atom is -0.432 e. The predicted octanol–water partition coefficient (Wildman–Crippen LogP) is 3.66. The van der Waals surface area contributed by atoms with Crippen molar-refractivity contribution in [3.05, 3.63) is 59.9 Å². The van der Waals surface area contributed by atoms with Gasteiger partial charge in [0.1, 0.15) is 5.82 Å². The maximum Gasteiger partial charge on any atom is 0.387 e. The summed E-state index contributed by atoms with van der Waals surface area (Å²) in [4.78, 5) is 12.1. The molecule has 2 rings (SSSR count). The van der Waals surface area contributed by atoms with Gasteiger partial charge in [0.25, 0.3) is 0 Å². The molecule has 0 bridgehead atoms. The fourth-order valence-electron chi connectivity index (χ4n) is 2.20. The average molecular weight is 339 g/mol. The Kier molecular flexibility index (Phi) is 5.46. The van der Waals surface area contributed by atoms with Crippen molar-refractivity contribution in [1.29, 1.82) is 0 Å². The number of carbonyl (C=O) groups is 1. The summed E-state index contributed by atoms with van der Waals surface area (Å²) in [7, 11) is 0. The van der Waals surface area contributed by atoms with E-state index in [1.807, 2.05) is 0 Å². The largest absolute Gasteiger partial charge is 0.432 e. The van der Waals surface area contributed by atoms with Gasteiger partial charge in [-0.15, -0.1) is 0 Å². The minimum absolute atomic E-state index is 0.106. The molecule has 0 aliphatic heterocycles. The Morgan fingerprint density at radius 3 is 2.54 bits per heavy atom. The topological polar surface area (TPSA) is 58.6 Å². The molecule has 0 radical (unpaired) electrons. The van der Waals surface area contributed by atoms with Crippen LogP contribution < -0.4 is 10.1 Å². The summed E-state index contributed by atoms with van der Waals surface area (Å²) in [5, 5.41) is 12.8. The van der Waals surface area contributed by atoms with Gasteiger partial charge in [0.15, 0.2) is 5.75 Å². The van der Waals surface area contributed by atoms with E-state index in [4.69, 9.17) is 0 Å². The molecular weight excluding hydrogens is 323 g/mol. The molecule has 0 aromatic heterocycles. The molecule has 0 aliphatic carbocycles. The molecule has 24 heavy (non-hydrogen) atoms. The van der Waals surface area contributed by atoms with Gasteiger partial charge in [0.2, 0.25) is 5.91 Å². The van der Waals surface area contributed by atoms with E-state index in [1.54, 1.807) is 30.3 Å². The second-order valence-electron chi connectivity index (χ2n) is 5.38. The number of benzene rings is 2. The van der Waals surface area contributed by atoms with Gasteiger partial charge in [-0.05, 0) is 24.6 Å². The molecule has 0 saturated carbocycles. The molecule has 0 aliphatic rings. The molecule has 1 atom stereocenters. The van der Waals surface area contributed by atoms with Crippen molar-refractivity contribution in [2.24, 2.45) is 0 Å². The van der Waals surface area contributed by atoms with E-state index in [0.29, 0.717) is 5.56 Å². The van der Waals surface area contributed by atoms with Crippen molar-refractivity contribution < 1.29 is 27.8 Å². The number of nitrogens with one attached hydrogen (secondary N) is 1. The lowest BCUT2D eigenvalue weighted by Gasteiger charge is -2.23. The van der Waals surface area contributed by atoms with E-state index in [-0.39, 0.29) is 12.1 Å². The molecule has 0 fully saturated rings. The van der Waals surface area contributed by atoms with E-state index < -0.39 is 29.7 Å². The Bertz CT molecular complexity index is 705. The van der Waals surface area contributed by atoms with E-state index in [1.165, 1.54) is 6.92 Å². The van der Waals surface area contributed by atoms with Gasteiger partial charge in [0, 0.05) is 6.07 Å². The van der Waals surface area contributed by atoms with Crippen molar-refractivity contribution in [3.63, 3.8) is 0 Å². The molecule has 1 amide bonds. The fraction of sp³-hybridized carbons (Fsp3) is 0.235. The van der Waals surface area contributed by atoms with E-state index in [9.17, 15) is 23.1 Å². The number of rotatable bonds is 6. The third-order valence-electron chi connectivity index (χ3n) is 3.33. The van der Waals surface area contributed by atoms with Crippen LogP contribution in [0.4, 0.5) is 18.9 Å². The highest BCUT2D eigenvalue weighted by molar-refractivity contribution is 5.93. The van der Waals surface area contributed by atoms with Gasteiger partial charge < -0.3 is 15.2 Å². The first-order valence-corrected chi connectivity index (χ1v) is 7.10. The van der Waals surface area contributed by atoms with Gasteiger partial charge in [-0.2, -0.15) is 8.78 Å². The number of amides is 1. The first-order chi connectivity index (χ1) is 11.3. The number of halogens is 3. The highest BCUT2D eigenvalue weighted by Crippen LogP contribution is 2.29. The Labute approximate surface area is 136 Å². The summed E-state index contributed by atoms with van der Waals surface area (Å²) in [6.45, 7) is -1.70. The Hall–Kier alpha value is -2.54. The van der Waals surface area contributed by atoms with Crippen LogP contribution in [0.25, 0.3) is 0 Å². The Morgan fingerprint density at radius 1 is 1.25 bits per heavy atom. The molecule has 0 spiro atoms. The second kappa shape index (κ2) is 7.35. The van der Waals surface area contributed by atoms with E-state index in [2.05, 4.69) is 10.1 Å². The highest BCUT2D eigenvalue weighted by atomic mass is 19.3. The summed E-state index contributed by atoms with van der Waals surface area (Å²) >= 11 is 0. The van der Waals surface area contributed by atoms with Gasteiger partial charge in [-0.3, -0.25) is 4.79 Å². The molecule has 0 saturated heterocycles. The van der Waals surface area contributed by atoms with Crippen LogP contribution >= 0.6 is 0 Å². The van der Waals surface area contributed by atoms with Crippen LogP contribution in [0.15, 0.2) is 48.5 Å². The summed E-state index contributed by atoms with van der Waals surface area (Å²) < 4.78 is 42.1. The maximum absolute atomic E-state index is 13.1. The standard InChI is InChI=1S/C17H16F3NO3/c1-17(23,11-5-3-2-4-6-11)10-15(22)21-13-8-7-12(18)9-14(13)24-16(19)20/h2-9,16,23H,10H2,1H3,(H,21,22)/t17-/m0/s1. The van der Waals surface area contributed by atoms with Crippen molar-refractivity contribution in [1.82, 2.24) is 0 Å². The lowest BCUT2D eigenvalue weighted by Crippen LogP contribution is -2.28. The Morgan fingerprint density at radius 2 is 1.92 bits per heavy atom. The van der Waals surface area contributed by atoms with Gasteiger partial charge in [-0.25, -0.2) is 4.39 Å². The monoisotopic (exact) mass is 339 g/mol. The summed E-state index contributed by atoms with van der Waals surface area (Å²) in [6.07, 6.45) is -0.317. The zero-order valence-electron chi connectivity index (χ0n) is 12.8. The fourth-order valence-corrected chi connectivity index (χ4v) is 2.20. The molecule has 2 aromatic rings. The molecule has 7 heteroatoms. The number of ether oxygens (including phenoxy) is 1. The van der Waals surface area contributed by atoms with Crippen molar-refractivity contribution in [3.8, 4) is 5.75 Å². The number of anilines is 1. The molecule has 4 nitrogen and oxygen atoms in total. The van der Waals surface area contributed by atoms with Crippen molar-refractivity contribution in [2.75, 3.05) is 5.32 Å². The molecule has 2 N–H and O–H groups in total. The van der Waals surface area contributed by atoms with Crippen LogP contribution in [0.2, 0.25) is 0 Å². The first kappa shape index (κ1) is 17.8. The quantitative estimate of drug-likeness (QED) is 0.844. The van der Waals surface area contributed by atoms with Crippen LogP contribution in [0, 0.1) is 5.82 Å². The van der Waals surface area contributed by atoms with Crippen LogP contribution in [0.5, 0.6) is 5.75 Å². The number of carbonyl (C=O) groups excluding carboxylic acids is 1. The van der Waals surface area contributed by atoms with Gasteiger partial charge in [-0.1, -0.05) is 30.3 Å². The SMILES string of the molecule is C[C@](O)(CC(=O)Nc1ccc(F)cc1OC(F)F)c1ccccc1. The third-order valence-corrected chi connectivity index (χ3v) is 3.33. The predicted molar refractivity (Wildman–Crippen MR) is 82.3 cm³/mol. The molecule has 0 unspecified atom stereocenters. The lowest BCUT2D eigenvalue weighted by atomic mass is 9.92. The van der Waals surface area contributed by atoms with Crippen molar-refractivity contribution >= 4 is 11.6 Å². The first-order valence-electron chi connectivity index (χ1n) is 7.10. The summed E-state index contributed by atoms with van der Waals surface area (Å²) in [6, 6.07) is 11.4. The van der Waals surface area contributed by atoms with E-state index >= 15 is 0 Å². The lowest BCUT2D eigenvalue weighted by molar-refractivity contribution is -0.120. The number of hydrogen-bond acceptors (Lipinski definition) is 3. The zero-order valence-corrected chi connectivity index (χ0v) is 12.8. The molecule has 128 valence electrons. The minimum atomic E-state index is -3.16. The van der Waals surface area contributed by atoms with Crippen LogP contribution in [-0.2, 0) is 10.4 Å². The average Bonchev–Trinajstić information content (AvgIpc) is 2.50. The van der Waals surface area contributed by atoms with Crippen LogP contribution in [0.1, 0.15) is 18.9 Å². The molecule has 2 aromatic carbocycles. The summed E-state index contributed by atoms with van der Waals surface area (Å²) in [5.41, 5.74) is -1.02. The van der Waals surface area contributed by atoms with Crippen molar-refractivity contribution in [2.45, 2.75) is 25.6 Å². The summed E-state index contributed by atoms with van der Waals surface area (Å²) in [5.74, 6) is -1.90. The van der Waals surface area contributed by atoms with Gasteiger partial charge in [0.05, 0.1) is 17.7 Å². The molecular formula is C17H16F3NO3. The number of alkyl halides is 2. The molecule has 0 heterocycles. The number of hydrogen-bond donors (Lipinski definition) is 2. The smallest absolute Gasteiger partial charge is 0.387 e. The Balaban J connectivity index is 2.12.